The normalized spacial score (nSPS) is 20.8. The lowest BCUT2D eigenvalue weighted by molar-refractivity contribution is -0.0639. The highest BCUT2D eigenvalue weighted by atomic mass is 35.5. The summed E-state index contributed by atoms with van der Waals surface area (Å²) in [5.74, 6) is 0. The zero-order chi connectivity index (χ0) is 17.4. The van der Waals surface area contributed by atoms with Crippen molar-refractivity contribution < 1.29 is 9.53 Å². The zero-order valence-electron chi connectivity index (χ0n) is 14.6. The highest BCUT2D eigenvalue weighted by Crippen LogP contribution is 2.39. The average molecular weight is 353 g/mol. The summed E-state index contributed by atoms with van der Waals surface area (Å²) in [6.45, 7) is 10.0. The Labute approximate surface area is 148 Å². The number of amides is 1. The van der Waals surface area contributed by atoms with Gasteiger partial charge >= 0.3 is 6.09 Å². The molecule has 2 fully saturated rings. The molecule has 132 valence electrons. The fraction of sp³-hybridized carbons (Fsp3) is 0.706. The smallest absolute Gasteiger partial charge is 0.410 e. The first-order chi connectivity index (χ1) is 11.2. The summed E-state index contributed by atoms with van der Waals surface area (Å²) in [5, 5.41) is 8.41. The van der Waals surface area contributed by atoms with Crippen molar-refractivity contribution in [2.24, 2.45) is 5.41 Å². The van der Waals surface area contributed by atoms with Crippen molar-refractivity contribution in [2.75, 3.05) is 26.2 Å². The number of piperidine rings is 1. The van der Waals surface area contributed by atoms with Crippen LogP contribution in [-0.4, -0.2) is 57.9 Å². The molecule has 24 heavy (non-hydrogen) atoms. The molecule has 1 spiro atoms. The Kier molecular flexibility index (Phi) is 4.71. The molecule has 0 aliphatic carbocycles. The van der Waals surface area contributed by atoms with Crippen LogP contribution in [0.25, 0.3) is 0 Å². The molecule has 0 aromatic carbocycles. The van der Waals surface area contributed by atoms with Gasteiger partial charge in [-0.25, -0.2) is 4.79 Å². The Morgan fingerprint density at radius 2 is 2.04 bits per heavy atom. The topological polar surface area (TPSA) is 58.6 Å². The first kappa shape index (κ1) is 17.4. The first-order valence-corrected chi connectivity index (χ1v) is 8.81. The molecular formula is C17H25ClN4O2. The van der Waals surface area contributed by atoms with Gasteiger partial charge in [0.05, 0.1) is 5.69 Å². The van der Waals surface area contributed by atoms with Crippen LogP contribution in [0.15, 0.2) is 12.1 Å². The molecule has 2 aliphatic rings. The van der Waals surface area contributed by atoms with Crippen LogP contribution in [0.2, 0.25) is 5.15 Å². The Bertz CT molecular complexity index is 594. The molecule has 0 unspecified atom stereocenters. The Morgan fingerprint density at radius 1 is 1.29 bits per heavy atom. The van der Waals surface area contributed by atoms with Crippen LogP contribution in [0.4, 0.5) is 4.79 Å². The number of hydrogen-bond donors (Lipinski definition) is 0. The van der Waals surface area contributed by atoms with Gasteiger partial charge in [0.2, 0.25) is 0 Å². The van der Waals surface area contributed by atoms with E-state index >= 15 is 0 Å². The second-order valence-corrected chi connectivity index (χ2v) is 8.39. The van der Waals surface area contributed by atoms with Gasteiger partial charge in [-0.1, -0.05) is 11.6 Å². The molecule has 0 atom stereocenters. The lowest BCUT2D eigenvalue weighted by Crippen LogP contribution is -2.63. The third kappa shape index (κ3) is 4.16. The number of carbonyl (C=O) groups excluding carboxylic acids is 1. The summed E-state index contributed by atoms with van der Waals surface area (Å²) >= 11 is 5.77. The van der Waals surface area contributed by atoms with Gasteiger partial charge in [-0.15, -0.1) is 5.10 Å². The van der Waals surface area contributed by atoms with Crippen LogP contribution in [0.3, 0.4) is 0 Å². The number of halogens is 1. The molecule has 6 nitrogen and oxygen atoms in total. The summed E-state index contributed by atoms with van der Waals surface area (Å²) in [5.41, 5.74) is 0.685. The van der Waals surface area contributed by atoms with E-state index in [1.54, 1.807) is 6.07 Å². The average Bonchev–Trinajstić information content (AvgIpc) is 2.46. The van der Waals surface area contributed by atoms with Crippen molar-refractivity contribution in [1.82, 2.24) is 20.0 Å². The lowest BCUT2D eigenvalue weighted by atomic mass is 9.73. The van der Waals surface area contributed by atoms with E-state index in [-0.39, 0.29) is 11.5 Å². The van der Waals surface area contributed by atoms with E-state index in [9.17, 15) is 4.79 Å². The van der Waals surface area contributed by atoms with Crippen molar-refractivity contribution in [2.45, 2.75) is 45.8 Å². The fourth-order valence-corrected chi connectivity index (χ4v) is 3.72. The van der Waals surface area contributed by atoms with E-state index in [1.165, 1.54) is 0 Å². The predicted octanol–water partition coefficient (Wildman–Crippen LogP) is 2.96. The maximum Gasteiger partial charge on any atom is 0.410 e. The lowest BCUT2D eigenvalue weighted by Gasteiger charge is -2.54. The molecule has 0 radical (unpaired) electrons. The largest absolute Gasteiger partial charge is 0.444 e. The van der Waals surface area contributed by atoms with Crippen LogP contribution in [-0.2, 0) is 11.3 Å². The maximum absolute atomic E-state index is 12.3. The van der Waals surface area contributed by atoms with Gasteiger partial charge in [-0.3, -0.25) is 4.90 Å². The van der Waals surface area contributed by atoms with E-state index in [2.05, 4.69) is 15.1 Å². The van der Waals surface area contributed by atoms with Crippen molar-refractivity contribution in [1.29, 1.82) is 0 Å². The summed E-state index contributed by atoms with van der Waals surface area (Å²) in [6, 6.07) is 3.68. The van der Waals surface area contributed by atoms with E-state index in [4.69, 9.17) is 16.3 Å². The van der Waals surface area contributed by atoms with E-state index in [0.717, 1.165) is 51.3 Å². The van der Waals surface area contributed by atoms with Gasteiger partial charge < -0.3 is 9.64 Å². The van der Waals surface area contributed by atoms with Crippen LogP contribution in [0, 0.1) is 5.41 Å². The molecule has 0 N–H and O–H groups in total. The number of rotatable bonds is 2. The minimum atomic E-state index is -0.444. The molecule has 0 bridgehead atoms. The van der Waals surface area contributed by atoms with E-state index in [1.807, 2.05) is 31.7 Å². The highest BCUT2D eigenvalue weighted by molar-refractivity contribution is 6.29. The van der Waals surface area contributed by atoms with Crippen molar-refractivity contribution in [3.8, 4) is 0 Å². The van der Waals surface area contributed by atoms with Gasteiger partial charge in [0.1, 0.15) is 5.60 Å². The monoisotopic (exact) mass is 352 g/mol. The zero-order valence-corrected chi connectivity index (χ0v) is 15.3. The standard InChI is InChI=1S/C17H25ClN4O2/c1-16(2,3)24-15(23)22-8-4-7-17(12-22)10-21(11-17)9-13-5-6-14(18)20-19-13/h5-6H,4,7-12H2,1-3H3. The number of aromatic nitrogens is 2. The summed E-state index contributed by atoms with van der Waals surface area (Å²) in [4.78, 5) is 16.5. The number of hydrogen-bond acceptors (Lipinski definition) is 5. The minimum absolute atomic E-state index is 0.191. The van der Waals surface area contributed by atoms with Crippen LogP contribution in [0.5, 0.6) is 0 Å². The van der Waals surface area contributed by atoms with Crippen LogP contribution in [0.1, 0.15) is 39.3 Å². The predicted molar refractivity (Wildman–Crippen MR) is 91.8 cm³/mol. The molecule has 2 saturated heterocycles. The second kappa shape index (κ2) is 6.48. The molecule has 1 aromatic rings. The van der Waals surface area contributed by atoms with Crippen molar-refractivity contribution in [3.63, 3.8) is 0 Å². The summed E-state index contributed by atoms with van der Waals surface area (Å²) < 4.78 is 5.52. The Balaban J connectivity index is 1.53. The van der Waals surface area contributed by atoms with Gasteiger partial charge in [0, 0.05) is 38.1 Å². The number of carbonyl (C=O) groups is 1. The number of likely N-dealkylation sites (tertiary alicyclic amines) is 2. The maximum atomic E-state index is 12.3. The molecule has 3 rings (SSSR count). The molecule has 2 aliphatic heterocycles. The SMILES string of the molecule is CC(C)(C)OC(=O)N1CCCC2(CN(Cc3ccc(Cl)nn3)C2)C1. The van der Waals surface area contributed by atoms with E-state index in [0.29, 0.717) is 5.15 Å². The first-order valence-electron chi connectivity index (χ1n) is 8.43. The molecule has 7 heteroatoms. The molecule has 1 amide bonds. The second-order valence-electron chi connectivity index (χ2n) is 8.00. The van der Waals surface area contributed by atoms with Crippen molar-refractivity contribution in [3.05, 3.63) is 23.0 Å². The molecule has 3 heterocycles. The van der Waals surface area contributed by atoms with Gasteiger partial charge in [0.25, 0.3) is 0 Å². The highest BCUT2D eigenvalue weighted by Gasteiger charge is 2.46. The van der Waals surface area contributed by atoms with E-state index < -0.39 is 5.60 Å². The number of ether oxygens (including phenoxy) is 1. The molecular weight excluding hydrogens is 328 g/mol. The fourth-order valence-electron chi connectivity index (χ4n) is 3.62. The quantitative estimate of drug-likeness (QED) is 0.819. The van der Waals surface area contributed by atoms with Gasteiger partial charge in [-0.05, 0) is 45.7 Å². The summed E-state index contributed by atoms with van der Waals surface area (Å²) in [6.07, 6.45) is 2.01. The van der Waals surface area contributed by atoms with Crippen LogP contribution >= 0.6 is 11.6 Å². The third-order valence-corrected chi connectivity index (χ3v) is 4.71. The minimum Gasteiger partial charge on any atom is -0.444 e. The van der Waals surface area contributed by atoms with Gasteiger partial charge in [0.15, 0.2) is 5.15 Å². The third-order valence-electron chi connectivity index (χ3n) is 4.50. The molecule has 0 saturated carbocycles. The molecule has 1 aromatic heterocycles. The Hall–Kier alpha value is -1.40. The Morgan fingerprint density at radius 3 is 2.67 bits per heavy atom. The number of nitrogens with zero attached hydrogens (tertiary/aromatic N) is 4. The van der Waals surface area contributed by atoms with Crippen LogP contribution < -0.4 is 0 Å². The van der Waals surface area contributed by atoms with Gasteiger partial charge in [-0.2, -0.15) is 5.10 Å². The van der Waals surface area contributed by atoms with Crippen molar-refractivity contribution >= 4 is 17.7 Å². The summed E-state index contributed by atoms with van der Waals surface area (Å²) in [7, 11) is 0.